The SMILES string of the molecule is O=S(=O)(NCC#Cc1ccc(F)cc1)C1CCCCC1. The molecule has 0 radical (unpaired) electrons. The second-order valence-electron chi connectivity index (χ2n) is 4.93. The average molecular weight is 295 g/mol. The highest BCUT2D eigenvalue weighted by atomic mass is 32.2. The molecule has 0 atom stereocenters. The first-order chi connectivity index (χ1) is 9.58. The summed E-state index contributed by atoms with van der Waals surface area (Å²) in [4.78, 5) is 0. The predicted molar refractivity (Wildman–Crippen MR) is 77.1 cm³/mol. The zero-order valence-corrected chi connectivity index (χ0v) is 12.0. The predicted octanol–water partition coefficient (Wildman–Crippen LogP) is 2.43. The van der Waals surface area contributed by atoms with Crippen LogP contribution in [0.15, 0.2) is 24.3 Å². The minimum Gasteiger partial charge on any atom is -0.212 e. The maximum atomic E-state index is 12.7. The van der Waals surface area contributed by atoms with Crippen molar-refractivity contribution in [3.05, 3.63) is 35.6 Å². The van der Waals surface area contributed by atoms with Gasteiger partial charge in [0.1, 0.15) is 5.82 Å². The lowest BCUT2D eigenvalue weighted by Gasteiger charge is -2.21. The third-order valence-corrected chi connectivity index (χ3v) is 5.33. The largest absolute Gasteiger partial charge is 0.215 e. The highest BCUT2D eigenvalue weighted by Gasteiger charge is 2.26. The summed E-state index contributed by atoms with van der Waals surface area (Å²) in [5.74, 6) is 5.25. The van der Waals surface area contributed by atoms with Gasteiger partial charge in [-0.3, -0.25) is 0 Å². The van der Waals surface area contributed by atoms with Crippen molar-refractivity contribution in [2.75, 3.05) is 6.54 Å². The van der Waals surface area contributed by atoms with Gasteiger partial charge in [0.25, 0.3) is 0 Å². The molecule has 0 heterocycles. The van der Waals surface area contributed by atoms with E-state index in [0.717, 1.165) is 32.1 Å². The Morgan fingerprint density at radius 2 is 1.80 bits per heavy atom. The minimum atomic E-state index is -3.26. The molecule has 0 saturated heterocycles. The molecule has 1 N–H and O–H groups in total. The lowest BCUT2D eigenvalue weighted by Crippen LogP contribution is -2.35. The Balaban J connectivity index is 1.87. The summed E-state index contributed by atoms with van der Waals surface area (Å²) in [6, 6.07) is 5.79. The van der Waals surface area contributed by atoms with Crippen molar-refractivity contribution in [3.8, 4) is 11.8 Å². The van der Waals surface area contributed by atoms with E-state index in [4.69, 9.17) is 0 Å². The third kappa shape index (κ3) is 4.32. The monoisotopic (exact) mass is 295 g/mol. The normalized spacial score (nSPS) is 16.4. The van der Waals surface area contributed by atoms with E-state index in [1.807, 2.05) is 0 Å². The Bertz CT molecular complexity index is 593. The van der Waals surface area contributed by atoms with Crippen molar-refractivity contribution in [2.45, 2.75) is 37.4 Å². The summed E-state index contributed by atoms with van der Waals surface area (Å²) in [7, 11) is -3.26. The molecule has 0 spiro atoms. The van der Waals surface area contributed by atoms with Crippen LogP contribution in [-0.2, 0) is 10.0 Å². The van der Waals surface area contributed by atoms with E-state index in [2.05, 4.69) is 16.6 Å². The van der Waals surface area contributed by atoms with Crippen molar-refractivity contribution in [1.82, 2.24) is 4.72 Å². The lowest BCUT2D eigenvalue weighted by atomic mass is 10.0. The van der Waals surface area contributed by atoms with Crippen LogP contribution in [0.4, 0.5) is 4.39 Å². The van der Waals surface area contributed by atoms with Crippen molar-refractivity contribution < 1.29 is 12.8 Å². The van der Waals surface area contributed by atoms with E-state index in [1.165, 1.54) is 12.1 Å². The summed E-state index contributed by atoms with van der Waals surface area (Å²) >= 11 is 0. The number of hydrogen-bond donors (Lipinski definition) is 1. The fourth-order valence-corrected chi connectivity index (χ4v) is 3.77. The molecule has 1 saturated carbocycles. The summed E-state index contributed by atoms with van der Waals surface area (Å²) in [6.07, 6.45) is 4.55. The van der Waals surface area contributed by atoms with Crippen molar-refractivity contribution >= 4 is 10.0 Å². The Morgan fingerprint density at radius 1 is 1.15 bits per heavy atom. The molecule has 1 aromatic carbocycles. The van der Waals surface area contributed by atoms with Gasteiger partial charge < -0.3 is 0 Å². The maximum absolute atomic E-state index is 12.7. The summed E-state index contributed by atoms with van der Waals surface area (Å²) in [5.41, 5.74) is 0.670. The van der Waals surface area contributed by atoms with E-state index >= 15 is 0 Å². The van der Waals surface area contributed by atoms with E-state index < -0.39 is 10.0 Å². The van der Waals surface area contributed by atoms with Gasteiger partial charge >= 0.3 is 0 Å². The van der Waals surface area contributed by atoms with Crippen LogP contribution >= 0.6 is 0 Å². The molecule has 0 unspecified atom stereocenters. The quantitative estimate of drug-likeness (QED) is 0.871. The third-order valence-electron chi connectivity index (χ3n) is 3.43. The first-order valence-electron chi connectivity index (χ1n) is 6.81. The average Bonchev–Trinajstić information content (AvgIpc) is 2.46. The highest BCUT2D eigenvalue weighted by molar-refractivity contribution is 7.90. The molecule has 0 aliphatic heterocycles. The van der Waals surface area contributed by atoms with Gasteiger partial charge in [-0.2, -0.15) is 0 Å². The molecule has 1 fully saturated rings. The van der Waals surface area contributed by atoms with Crippen LogP contribution in [0.2, 0.25) is 0 Å². The molecule has 3 nitrogen and oxygen atoms in total. The number of sulfonamides is 1. The van der Waals surface area contributed by atoms with Crippen LogP contribution in [0.25, 0.3) is 0 Å². The highest BCUT2D eigenvalue weighted by Crippen LogP contribution is 2.22. The second-order valence-corrected chi connectivity index (χ2v) is 6.98. The maximum Gasteiger partial charge on any atom is 0.215 e. The summed E-state index contributed by atoms with van der Waals surface area (Å²) < 4.78 is 39.3. The smallest absolute Gasteiger partial charge is 0.212 e. The molecule has 0 aromatic heterocycles. The molecule has 20 heavy (non-hydrogen) atoms. The van der Waals surface area contributed by atoms with Crippen molar-refractivity contribution in [3.63, 3.8) is 0 Å². The van der Waals surface area contributed by atoms with Gasteiger partial charge in [-0.25, -0.2) is 17.5 Å². The van der Waals surface area contributed by atoms with E-state index in [9.17, 15) is 12.8 Å². The Kier molecular flexibility index (Phi) is 5.16. The van der Waals surface area contributed by atoms with E-state index in [0.29, 0.717) is 5.56 Å². The van der Waals surface area contributed by atoms with Gasteiger partial charge in [0, 0.05) is 5.56 Å². The zero-order chi connectivity index (χ0) is 14.4. The standard InChI is InChI=1S/C15H18FNO2S/c16-14-10-8-13(9-11-14)5-4-12-17-20(18,19)15-6-2-1-3-7-15/h8-11,15,17H,1-3,6-7,12H2. The first kappa shape index (κ1) is 15.0. The van der Waals surface area contributed by atoms with Crippen LogP contribution in [0, 0.1) is 17.7 Å². The van der Waals surface area contributed by atoms with Crippen LogP contribution in [0.3, 0.4) is 0 Å². The first-order valence-corrected chi connectivity index (χ1v) is 8.35. The van der Waals surface area contributed by atoms with Gasteiger partial charge in [0.15, 0.2) is 0 Å². The second kappa shape index (κ2) is 6.87. The van der Waals surface area contributed by atoms with Crippen molar-refractivity contribution in [2.24, 2.45) is 0 Å². The Morgan fingerprint density at radius 3 is 2.45 bits per heavy atom. The lowest BCUT2D eigenvalue weighted by molar-refractivity contribution is 0.479. The topological polar surface area (TPSA) is 46.2 Å². The Hall–Kier alpha value is -1.38. The van der Waals surface area contributed by atoms with Crippen LogP contribution in [-0.4, -0.2) is 20.2 Å². The molecule has 1 aromatic rings. The number of benzene rings is 1. The molecule has 1 aliphatic carbocycles. The molecule has 0 amide bonds. The number of halogens is 1. The van der Waals surface area contributed by atoms with E-state index in [-0.39, 0.29) is 17.6 Å². The number of rotatable bonds is 3. The number of hydrogen-bond acceptors (Lipinski definition) is 2. The molecular formula is C15H18FNO2S. The Labute approximate surface area is 119 Å². The molecule has 2 rings (SSSR count). The van der Waals surface area contributed by atoms with Gasteiger partial charge in [0.2, 0.25) is 10.0 Å². The van der Waals surface area contributed by atoms with Crippen LogP contribution < -0.4 is 4.72 Å². The zero-order valence-electron chi connectivity index (χ0n) is 11.2. The van der Waals surface area contributed by atoms with E-state index in [1.54, 1.807) is 12.1 Å². The molecule has 5 heteroatoms. The van der Waals surface area contributed by atoms with Crippen LogP contribution in [0.1, 0.15) is 37.7 Å². The van der Waals surface area contributed by atoms with Crippen LogP contribution in [0.5, 0.6) is 0 Å². The number of nitrogens with one attached hydrogen (secondary N) is 1. The summed E-state index contributed by atoms with van der Waals surface area (Å²) in [6.45, 7) is 0.0935. The fourth-order valence-electron chi connectivity index (χ4n) is 2.31. The molecule has 0 bridgehead atoms. The van der Waals surface area contributed by atoms with Crippen molar-refractivity contribution in [1.29, 1.82) is 0 Å². The van der Waals surface area contributed by atoms with Gasteiger partial charge in [-0.05, 0) is 37.1 Å². The van der Waals surface area contributed by atoms with Gasteiger partial charge in [0.05, 0.1) is 11.8 Å². The molecular weight excluding hydrogens is 277 g/mol. The summed E-state index contributed by atoms with van der Waals surface area (Å²) in [5, 5.41) is -0.274. The molecule has 108 valence electrons. The fraction of sp³-hybridized carbons (Fsp3) is 0.467. The van der Waals surface area contributed by atoms with Gasteiger partial charge in [-0.1, -0.05) is 31.1 Å². The molecule has 1 aliphatic rings. The van der Waals surface area contributed by atoms with Gasteiger partial charge in [-0.15, -0.1) is 0 Å². The minimum absolute atomic E-state index is 0.0935.